The van der Waals surface area contributed by atoms with Crippen molar-refractivity contribution < 1.29 is 4.74 Å². The summed E-state index contributed by atoms with van der Waals surface area (Å²) >= 11 is 0. The third-order valence-electron chi connectivity index (χ3n) is 7.11. The highest BCUT2D eigenvalue weighted by Gasteiger charge is 2.27. The molecule has 7 heteroatoms. The van der Waals surface area contributed by atoms with Crippen molar-refractivity contribution >= 4 is 10.8 Å². The van der Waals surface area contributed by atoms with E-state index in [1.165, 1.54) is 38.3 Å². The second-order valence-corrected chi connectivity index (χ2v) is 9.38. The quantitative estimate of drug-likeness (QED) is 0.458. The fraction of sp³-hybridized carbons (Fsp3) is 0.519. The molecule has 1 aromatic heterocycles. The predicted octanol–water partition coefficient (Wildman–Crippen LogP) is 3.64. The molecule has 2 aromatic carbocycles. The first-order chi connectivity index (χ1) is 16.5. The number of aromatic nitrogens is 3. The molecule has 0 amide bonds. The molecule has 3 aromatic rings. The van der Waals surface area contributed by atoms with E-state index >= 15 is 0 Å². The van der Waals surface area contributed by atoms with Crippen molar-refractivity contribution in [3.05, 3.63) is 74.8 Å². The van der Waals surface area contributed by atoms with Crippen LogP contribution in [0.1, 0.15) is 50.4 Å². The Bertz CT molecular complexity index is 1230. The summed E-state index contributed by atoms with van der Waals surface area (Å²) in [5, 5.41) is 2.50. The smallest absolute Gasteiger partial charge is 0.353 e. The zero-order valence-electron chi connectivity index (χ0n) is 20.6. The average Bonchev–Trinajstić information content (AvgIpc) is 3.29. The average molecular weight is 465 g/mol. The van der Waals surface area contributed by atoms with E-state index in [2.05, 4.69) is 59.3 Å². The van der Waals surface area contributed by atoms with Crippen LogP contribution in [0.4, 0.5) is 0 Å². The van der Waals surface area contributed by atoms with Gasteiger partial charge in [0.25, 0.3) is 0 Å². The van der Waals surface area contributed by atoms with Crippen LogP contribution in [-0.2, 0) is 24.9 Å². The third-order valence-corrected chi connectivity index (χ3v) is 7.11. The van der Waals surface area contributed by atoms with Crippen LogP contribution in [-0.4, -0.2) is 44.3 Å². The minimum Gasteiger partial charge on any atom is -0.373 e. The highest BCUT2D eigenvalue weighted by atomic mass is 16.5. The van der Waals surface area contributed by atoms with Gasteiger partial charge in [0.15, 0.2) is 0 Å². The summed E-state index contributed by atoms with van der Waals surface area (Å²) in [7, 11) is 1.65. The Morgan fingerprint density at radius 2 is 1.91 bits per heavy atom. The van der Waals surface area contributed by atoms with Crippen molar-refractivity contribution in [1.29, 1.82) is 0 Å². The Kier molecular flexibility index (Phi) is 7.95. The van der Waals surface area contributed by atoms with Gasteiger partial charge in [-0.15, -0.1) is 0 Å². The molecule has 2 atom stereocenters. The van der Waals surface area contributed by atoms with Gasteiger partial charge in [0.2, 0.25) is 0 Å². The van der Waals surface area contributed by atoms with Gasteiger partial charge in [0.05, 0.1) is 12.7 Å². The monoisotopic (exact) mass is 464 g/mol. The first-order valence-electron chi connectivity index (χ1n) is 12.4. The van der Waals surface area contributed by atoms with Crippen LogP contribution in [0.15, 0.2) is 52.1 Å². The zero-order valence-corrected chi connectivity index (χ0v) is 20.6. The molecular weight excluding hydrogens is 428 g/mol. The lowest BCUT2D eigenvalue weighted by Gasteiger charge is -2.28. The van der Waals surface area contributed by atoms with Crippen molar-refractivity contribution in [2.24, 2.45) is 7.05 Å². The highest BCUT2D eigenvalue weighted by molar-refractivity contribution is 5.82. The van der Waals surface area contributed by atoms with Gasteiger partial charge in [-0.3, -0.25) is 4.57 Å². The van der Waals surface area contributed by atoms with E-state index in [1.54, 1.807) is 14.0 Å². The van der Waals surface area contributed by atoms with Gasteiger partial charge in [0, 0.05) is 26.2 Å². The molecule has 182 valence electrons. The van der Waals surface area contributed by atoms with Crippen LogP contribution in [0.25, 0.3) is 10.8 Å². The van der Waals surface area contributed by atoms with Gasteiger partial charge in [-0.05, 0) is 68.0 Å². The number of hydrogen-bond donors (Lipinski definition) is 0. The Balaban J connectivity index is 1.30. The maximum Gasteiger partial charge on any atom is 0.353 e. The number of ether oxygens (including phenoxy) is 1. The lowest BCUT2D eigenvalue weighted by Crippen LogP contribution is -2.42. The van der Waals surface area contributed by atoms with Crippen molar-refractivity contribution in [1.82, 2.24) is 19.0 Å². The molecule has 0 N–H and O–H groups in total. The Hall–Kier alpha value is -2.77. The summed E-state index contributed by atoms with van der Waals surface area (Å²) in [5.41, 5.74) is 0.467. The van der Waals surface area contributed by atoms with Crippen LogP contribution in [0.2, 0.25) is 0 Å². The molecule has 0 bridgehead atoms. The number of rotatable bonds is 10. The number of nitrogens with zero attached hydrogens (tertiary/aromatic N) is 4. The Morgan fingerprint density at radius 1 is 1.12 bits per heavy atom. The molecule has 2 unspecified atom stereocenters. The first kappa shape index (κ1) is 24.4. The van der Waals surface area contributed by atoms with E-state index in [4.69, 9.17) is 4.74 Å². The number of benzene rings is 2. The van der Waals surface area contributed by atoms with Gasteiger partial charge < -0.3 is 9.64 Å². The zero-order chi connectivity index (χ0) is 24.1. The van der Waals surface area contributed by atoms with E-state index in [0.717, 1.165) is 32.4 Å². The van der Waals surface area contributed by atoms with Crippen molar-refractivity contribution in [2.45, 2.75) is 71.2 Å². The van der Waals surface area contributed by atoms with E-state index in [0.29, 0.717) is 25.0 Å². The molecule has 1 fully saturated rings. The van der Waals surface area contributed by atoms with Crippen LogP contribution in [0.3, 0.4) is 0 Å². The second kappa shape index (κ2) is 11.1. The van der Waals surface area contributed by atoms with Gasteiger partial charge >= 0.3 is 11.4 Å². The summed E-state index contributed by atoms with van der Waals surface area (Å²) in [6, 6.07) is 15.4. The molecule has 1 aliphatic rings. The van der Waals surface area contributed by atoms with Crippen LogP contribution < -0.4 is 11.4 Å². The van der Waals surface area contributed by atoms with Gasteiger partial charge in [0.1, 0.15) is 5.82 Å². The normalized spacial score (nSPS) is 17.4. The summed E-state index contributed by atoms with van der Waals surface area (Å²) < 4.78 is 9.02. The van der Waals surface area contributed by atoms with E-state index in [9.17, 15) is 9.59 Å². The van der Waals surface area contributed by atoms with Gasteiger partial charge in [-0.1, -0.05) is 43.3 Å². The second-order valence-electron chi connectivity index (χ2n) is 9.38. The van der Waals surface area contributed by atoms with E-state index in [1.807, 2.05) is 0 Å². The molecule has 1 aliphatic heterocycles. The molecule has 0 aliphatic carbocycles. The Labute approximate surface area is 201 Å². The molecule has 0 spiro atoms. The maximum atomic E-state index is 12.4. The molecule has 4 rings (SSSR count). The van der Waals surface area contributed by atoms with Crippen LogP contribution in [0.5, 0.6) is 0 Å². The minimum atomic E-state index is -0.452. The highest BCUT2D eigenvalue weighted by Crippen LogP contribution is 2.24. The fourth-order valence-electron chi connectivity index (χ4n) is 4.95. The van der Waals surface area contributed by atoms with Gasteiger partial charge in [-0.25, -0.2) is 14.2 Å². The van der Waals surface area contributed by atoms with E-state index in [-0.39, 0.29) is 11.8 Å². The molecule has 7 nitrogen and oxygen atoms in total. The fourth-order valence-corrected chi connectivity index (χ4v) is 4.95. The standard InChI is InChI=1S/C27H36N4O3/c1-4-25(34-19-21-12-13-22-9-5-6-10-23(22)17-21)18-24-11-7-14-30(24)15-8-16-31-26(32)28-20(2)29(3)27(31)33/h5-6,9-10,12-13,17,24-25H,4,7-8,11,14-16,18-19H2,1-3H3. The van der Waals surface area contributed by atoms with E-state index < -0.39 is 5.69 Å². The topological polar surface area (TPSA) is 69.4 Å². The molecule has 0 saturated carbocycles. The third kappa shape index (κ3) is 5.65. The van der Waals surface area contributed by atoms with Gasteiger partial charge in [-0.2, -0.15) is 4.98 Å². The molecule has 1 saturated heterocycles. The molecule has 2 heterocycles. The van der Waals surface area contributed by atoms with Crippen LogP contribution >= 0.6 is 0 Å². The largest absolute Gasteiger partial charge is 0.373 e. The molecule has 0 radical (unpaired) electrons. The maximum absolute atomic E-state index is 12.4. The SMILES string of the molecule is CCC(CC1CCCN1CCCn1c(=O)nc(C)n(C)c1=O)OCc1ccc2ccccc2c1. The number of fused-ring (bicyclic) bond motifs is 1. The predicted molar refractivity (Wildman–Crippen MR) is 135 cm³/mol. The number of aryl methyl sites for hydroxylation is 1. The summed E-state index contributed by atoms with van der Waals surface area (Å²) in [6.45, 7) is 6.82. The van der Waals surface area contributed by atoms with Crippen molar-refractivity contribution in [2.75, 3.05) is 13.1 Å². The molecular formula is C27H36N4O3. The first-order valence-corrected chi connectivity index (χ1v) is 12.4. The Morgan fingerprint density at radius 3 is 2.71 bits per heavy atom. The minimum absolute atomic E-state index is 0.216. The van der Waals surface area contributed by atoms with Crippen LogP contribution in [0, 0.1) is 6.92 Å². The lowest BCUT2D eigenvalue weighted by atomic mass is 10.0. The van der Waals surface area contributed by atoms with Crippen molar-refractivity contribution in [3.63, 3.8) is 0 Å². The summed E-state index contributed by atoms with van der Waals surface area (Å²) in [6.07, 6.45) is 5.32. The summed E-state index contributed by atoms with van der Waals surface area (Å²) in [5.74, 6) is 0.445. The summed E-state index contributed by atoms with van der Waals surface area (Å²) in [4.78, 5) is 31.0. The number of likely N-dealkylation sites (tertiary alicyclic amines) is 1. The number of hydrogen-bond acceptors (Lipinski definition) is 5. The lowest BCUT2D eigenvalue weighted by molar-refractivity contribution is 0.0167. The van der Waals surface area contributed by atoms with Crippen molar-refractivity contribution in [3.8, 4) is 0 Å². The molecule has 34 heavy (non-hydrogen) atoms.